The van der Waals surface area contributed by atoms with Crippen molar-refractivity contribution in [2.75, 3.05) is 7.11 Å². The van der Waals surface area contributed by atoms with E-state index in [1.54, 1.807) is 54.1 Å². The van der Waals surface area contributed by atoms with Gasteiger partial charge in [0.1, 0.15) is 0 Å². The van der Waals surface area contributed by atoms with Crippen molar-refractivity contribution in [1.82, 2.24) is 29.5 Å². The first-order chi connectivity index (χ1) is 15.7. The molecule has 0 aliphatic heterocycles. The van der Waals surface area contributed by atoms with Gasteiger partial charge < -0.3 is 9.84 Å². The number of pyridine rings is 2. The van der Waals surface area contributed by atoms with Crippen LogP contribution in [0.2, 0.25) is 0 Å². The molecule has 0 saturated heterocycles. The first-order valence-electron chi connectivity index (χ1n) is 9.94. The highest BCUT2D eigenvalue weighted by Crippen LogP contribution is 2.23. The third-order valence-corrected chi connectivity index (χ3v) is 4.68. The molecule has 0 unspecified atom stereocenters. The summed E-state index contributed by atoms with van der Waals surface area (Å²) in [7, 11) is 4.95. The number of hydrogen-bond donors (Lipinski definition) is 1. The number of methoxy groups -OCH3 is 1. The normalized spacial score (nSPS) is 10.3. The number of aromatic nitrogens is 6. The number of esters is 1. The minimum atomic E-state index is -1.03. The zero-order valence-electron chi connectivity index (χ0n) is 19.0. The Bertz CT molecular complexity index is 1310. The smallest absolute Gasteiger partial charge is 0.357 e. The van der Waals surface area contributed by atoms with Gasteiger partial charge in [-0.3, -0.25) is 9.36 Å². The molecule has 0 aliphatic rings. The maximum Gasteiger partial charge on any atom is 0.357 e. The number of carboxylic acid groups (broad SMARTS) is 1. The fourth-order valence-corrected chi connectivity index (χ4v) is 3.12. The van der Waals surface area contributed by atoms with Crippen LogP contribution in [0.3, 0.4) is 0 Å². The van der Waals surface area contributed by atoms with Crippen molar-refractivity contribution in [2.45, 2.75) is 13.8 Å². The Hall–Kier alpha value is -4.34. The van der Waals surface area contributed by atoms with Crippen LogP contribution in [0.15, 0.2) is 49.1 Å². The van der Waals surface area contributed by atoms with Crippen molar-refractivity contribution in [3.8, 4) is 22.3 Å². The number of carboxylic acids is 1. The molecular weight excluding hydrogens is 424 g/mol. The van der Waals surface area contributed by atoms with Crippen LogP contribution in [0.1, 0.15) is 32.4 Å². The second-order valence-electron chi connectivity index (χ2n) is 7.30. The van der Waals surface area contributed by atoms with Crippen molar-refractivity contribution < 1.29 is 19.4 Å². The molecule has 1 N–H and O–H groups in total. The van der Waals surface area contributed by atoms with Gasteiger partial charge in [0.25, 0.3) is 0 Å². The SMILES string of the molecule is COC(=O)c1nc(C)ccc1-c1cnn(C)c1.Cc1ccc(-c2cnn(C)c2)c(C(=O)O)n1. The van der Waals surface area contributed by atoms with Gasteiger partial charge in [-0.05, 0) is 26.0 Å². The molecule has 0 bridgehead atoms. The van der Waals surface area contributed by atoms with E-state index in [1.165, 1.54) is 7.11 Å². The van der Waals surface area contributed by atoms with Gasteiger partial charge in [0.05, 0.1) is 19.5 Å². The molecule has 0 atom stereocenters. The van der Waals surface area contributed by atoms with Crippen LogP contribution in [0.25, 0.3) is 22.3 Å². The summed E-state index contributed by atoms with van der Waals surface area (Å²) in [5.41, 5.74) is 4.77. The quantitative estimate of drug-likeness (QED) is 0.472. The molecule has 170 valence electrons. The average Bonchev–Trinajstić information content (AvgIpc) is 3.41. The number of ether oxygens (including phenoxy) is 1. The highest BCUT2D eigenvalue weighted by Gasteiger charge is 2.16. The minimum absolute atomic E-state index is 0.0630. The first kappa shape index (κ1) is 23.3. The molecule has 0 saturated carbocycles. The van der Waals surface area contributed by atoms with Crippen molar-refractivity contribution in [3.05, 3.63) is 71.8 Å². The second-order valence-corrected chi connectivity index (χ2v) is 7.30. The Labute approximate surface area is 190 Å². The molecule has 4 rings (SSSR count). The summed E-state index contributed by atoms with van der Waals surface area (Å²) in [5.74, 6) is -1.46. The van der Waals surface area contributed by atoms with Gasteiger partial charge in [0.2, 0.25) is 0 Å². The van der Waals surface area contributed by atoms with Crippen molar-refractivity contribution in [1.29, 1.82) is 0 Å². The van der Waals surface area contributed by atoms with Crippen LogP contribution in [-0.4, -0.2) is 53.7 Å². The minimum Gasteiger partial charge on any atom is -0.476 e. The molecule has 4 aromatic heterocycles. The second kappa shape index (κ2) is 9.86. The van der Waals surface area contributed by atoms with Gasteiger partial charge in [0.15, 0.2) is 11.4 Å². The lowest BCUT2D eigenvalue weighted by Gasteiger charge is -2.05. The Kier molecular flexibility index (Phi) is 6.97. The van der Waals surface area contributed by atoms with E-state index in [9.17, 15) is 9.59 Å². The highest BCUT2D eigenvalue weighted by molar-refractivity contribution is 5.95. The van der Waals surface area contributed by atoms with Crippen molar-refractivity contribution in [2.24, 2.45) is 14.1 Å². The van der Waals surface area contributed by atoms with Gasteiger partial charge in [0, 0.05) is 60.1 Å². The molecule has 4 aromatic rings. The summed E-state index contributed by atoms with van der Waals surface area (Å²) in [5, 5.41) is 17.2. The topological polar surface area (TPSA) is 125 Å². The Morgan fingerprint density at radius 3 is 1.67 bits per heavy atom. The Balaban J connectivity index is 0.000000186. The monoisotopic (exact) mass is 448 g/mol. The standard InChI is InChI=1S/C12H13N3O2.C11H11N3O2/c1-8-4-5-10(9-6-13-15(2)7-9)11(14-8)12(16)17-3;1-7-3-4-9(10(13-7)11(15)16)8-5-12-14(2)6-8/h4-7H,1-3H3;3-6H,1-2H3,(H,15,16). The molecule has 0 aliphatic carbocycles. The van der Waals surface area contributed by atoms with Gasteiger partial charge in [-0.2, -0.15) is 10.2 Å². The molecular formula is C23H24N6O4. The van der Waals surface area contributed by atoms with E-state index in [1.807, 2.05) is 32.3 Å². The summed E-state index contributed by atoms with van der Waals surface area (Å²) in [6, 6.07) is 7.25. The lowest BCUT2D eigenvalue weighted by Crippen LogP contribution is -2.07. The van der Waals surface area contributed by atoms with E-state index in [-0.39, 0.29) is 5.69 Å². The fourth-order valence-electron chi connectivity index (χ4n) is 3.12. The van der Waals surface area contributed by atoms with Crippen LogP contribution in [0, 0.1) is 13.8 Å². The van der Waals surface area contributed by atoms with Gasteiger partial charge in [-0.15, -0.1) is 0 Å². The number of carbonyl (C=O) groups excluding carboxylic acids is 1. The highest BCUT2D eigenvalue weighted by atomic mass is 16.5. The van der Waals surface area contributed by atoms with E-state index in [4.69, 9.17) is 9.84 Å². The van der Waals surface area contributed by atoms with Gasteiger partial charge >= 0.3 is 11.9 Å². The molecule has 10 heteroatoms. The summed E-state index contributed by atoms with van der Waals surface area (Å²) in [4.78, 5) is 31.0. The molecule has 4 heterocycles. The Morgan fingerprint density at radius 1 is 0.818 bits per heavy atom. The predicted molar refractivity (Wildman–Crippen MR) is 121 cm³/mol. The van der Waals surface area contributed by atoms with Crippen LogP contribution < -0.4 is 0 Å². The fraction of sp³-hybridized carbons (Fsp3) is 0.217. The zero-order chi connectivity index (χ0) is 24.1. The van der Waals surface area contributed by atoms with Crippen LogP contribution in [-0.2, 0) is 18.8 Å². The van der Waals surface area contributed by atoms with E-state index in [0.29, 0.717) is 17.0 Å². The molecule has 0 amide bonds. The predicted octanol–water partition coefficient (Wildman–Crippen LogP) is 3.07. The molecule has 10 nitrogen and oxygen atoms in total. The van der Waals surface area contributed by atoms with Crippen LogP contribution >= 0.6 is 0 Å². The number of hydrogen-bond acceptors (Lipinski definition) is 7. The largest absolute Gasteiger partial charge is 0.476 e. The van der Waals surface area contributed by atoms with E-state index in [2.05, 4.69) is 20.2 Å². The zero-order valence-corrected chi connectivity index (χ0v) is 19.0. The molecule has 0 spiro atoms. The number of carbonyl (C=O) groups is 2. The number of aryl methyl sites for hydroxylation is 4. The summed E-state index contributed by atoms with van der Waals surface area (Å²) in [6.45, 7) is 3.60. The van der Waals surface area contributed by atoms with Crippen LogP contribution in [0.5, 0.6) is 0 Å². The molecule has 0 fully saturated rings. The summed E-state index contributed by atoms with van der Waals surface area (Å²) >= 11 is 0. The van der Waals surface area contributed by atoms with E-state index < -0.39 is 11.9 Å². The lowest BCUT2D eigenvalue weighted by atomic mass is 10.1. The van der Waals surface area contributed by atoms with Gasteiger partial charge in [-0.1, -0.05) is 12.1 Å². The van der Waals surface area contributed by atoms with Crippen molar-refractivity contribution in [3.63, 3.8) is 0 Å². The maximum absolute atomic E-state index is 11.7. The van der Waals surface area contributed by atoms with Gasteiger partial charge in [-0.25, -0.2) is 19.6 Å². The first-order valence-corrected chi connectivity index (χ1v) is 9.94. The summed E-state index contributed by atoms with van der Waals surface area (Å²) in [6.07, 6.45) is 6.91. The lowest BCUT2D eigenvalue weighted by molar-refractivity contribution is 0.0594. The maximum atomic E-state index is 11.7. The molecule has 33 heavy (non-hydrogen) atoms. The van der Waals surface area contributed by atoms with E-state index >= 15 is 0 Å². The molecule has 0 radical (unpaired) electrons. The Morgan fingerprint density at radius 2 is 1.27 bits per heavy atom. The number of rotatable bonds is 4. The third-order valence-electron chi connectivity index (χ3n) is 4.68. The van der Waals surface area contributed by atoms with Crippen LogP contribution in [0.4, 0.5) is 0 Å². The van der Waals surface area contributed by atoms with Crippen molar-refractivity contribution >= 4 is 11.9 Å². The average molecular weight is 448 g/mol. The number of aromatic carboxylic acids is 1. The number of nitrogens with zero attached hydrogens (tertiary/aromatic N) is 6. The van der Waals surface area contributed by atoms with E-state index in [0.717, 1.165) is 22.4 Å². The molecule has 0 aromatic carbocycles. The third kappa shape index (κ3) is 5.48. The summed E-state index contributed by atoms with van der Waals surface area (Å²) < 4.78 is 8.03.